The number of piperidine rings is 1. The van der Waals surface area contributed by atoms with E-state index in [9.17, 15) is 4.79 Å². The molecule has 0 bridgehead atoms. The van der Waals surface area contributed by atoms with E-state index in [1.807, 2.05) is 0 Å². The first kappa shape index (κ1) is 11.9. The van der Waals surface area contributed by atoms with Crippen molar-refractivity contribution in [2.24, 2.45) is 5.41 Å². The highest BCUT2D eigenvalue weighted by molar-refractivity contribution is 5.82. The number of amides is 1. The molecule has 1 unspecified atom stereocenters. The molecule has 1 amide bonds. The molecule has 2 fully saturated rings. The maximum absolute atomic E-state index is 12.3. The molecule has 0 saturated carbocycles. The summed E-state index contributed by atoms with van der Waals surface area (Å²) in [4.78, 5) is 12.3. The minimum Gasteiger partial charge on any atom is -0.316 e. The van der Waals surface area contributed by atoms with Crippen molar-refractivity contribution >= 4 is 5.91 Å². The van der Waals surface area contributed by atoms with Crippen molar-refractivity contribution in [3.8, 4) is 0 Å². The molecule has 2 N–H and O–H groups in total. The van der Waals surface area contributed by atoms with Crippen LogP contribution in [0.5, 0.6) is 0 Å². The molecule has 4 heteroatoms. The van der Waals surface area contributed by atoms with Crippen molar-refractivity contribution in [2.75, 3.05) is 26.2 Å². The monoisotopic (exact) mass is 225 g/mol. The standard InChI is InChI=1S/C12H23N3O/c1-2-12(6-7-13-10-12)11(16)14-15-8-4-3-5-9-15/h13H,2-10H2,1H3,(H,14,16). The summed E-state index contributed by atoms with van der Waals surface area (Å²) in [6.07, 6.45) is 5.62. The summed E-state index contributed by atoms with van der Waals surface area (Å²) in [5, 5.41) is 5.40. The summed E-state index contributed by atoms with van der Waals surface area (Å²) in [5.41, 5.74) is 2.95. The van der Waals surface area contributed by atoms with E-state index in [0.29, 0.717) is 0 Å². The van der Waals surface area contributed by atoms with Crippen LogP contribution in [0.1, 0.15) is 39.0 Å². The van der Waals surface area contributed by atoms with Crippen LogP contribution in [0.15, 0.2) is 0 Å². The van der Waals surface area contributed by atoms with Crippen molar-refractivity contribution in [3.63, 3.8) is 0 Å². The second-order valence-corrected chi connectivity index (χ2v) is 5.05. The Hall–Kier alpha value is -0.610. The molecule has 1 atom stereocenters. The Kier molecular flexibility index (Phi) is 3.82. The first-order valence-corrected chi connectivity index (χ1v) is 6.54. The molecule has 4 nitrogen and oxygen atoms in total. The summed E-state index contributed by atoms with van der Waals surface area (Å²) in [6.45, 7) is 5.95. The van der Waals surface area contributed by atoms with Gasteiger partial charge in [-0.3, -0.25) is 10.2 Å². The zero-order chi connectivity index (χ0) is 11.4. The van der Waals surface area contributed by atoms with E-state index in [1.165, 1.54) is 19.3 Å². The first-order chi connectivity index (χ1) is 7.77. The van der Waals surface area contributed by atoms with Gasteiger partial charge in [0, 0.05) is 19.6 Å². The fraction of sp³-hybridized carbons (Fsp3) is 0.917. The molecule has 0 aromatic rings. The summed E-state index contributed by atoms with van der Waals surface area (Å²) in [5.74, 6) is 0.224. The molecule has 2 heterocycles. The molecule has 0 aromatic heterocycles. The topological polar surface area (TPSA) is 44.4 Å². The van der Waals surface area contributed by atoms with Crippen LogP contribution < -0.4 is 10.7 Å². The lowest BCUT2D eigenvalue weighted by atomic mass is 9.83. The maximum Gasteiger partial charge on any atom is 0.241 e. The van der Waals surface area contributed by atoms with Gasteiger partial charge in [-0.1, -0.05) is 13.3 Å². The molecule has 0 aromatic carbocycles. The highest BCUT2D eigenvalue weighted by Gasteiger charge is 2.40. The van der Waals surface area contributed by atoms with Crippen molar-refractivity contribution < 1.29 is 4.79 Å². The van der Waals surface area contributed by atoms with E-state index in [1.54, 1.807) is 0 Å². The first-order valence-electron chi connectivity index (χ1n) is 6.54. The molecule has 92 valence electrons. The number of carbonyl (C=O) groups is 1. The van der Waals surface area contributed by atoms with Crippen LogP contribution in [-0.2, 0) is 4.79 Å². The van der Waals surface area contributed by atoms with Gasteiger partial charge in [-0.2, -0.15) is 0 Å². The summed E-state index contributed by atoms with van der Waals surface area (Å²) in [7, 11) is 0. The van der Waals surface area contributed by atoms with E-state index in [4.69, 9.17) is 0 Å². The molecular weight excluding hydrogens is 202 g/mol. The smallest absolute Gasteiger partial charge is 0.241 e. The quantitative estimate of drug-likeness (QED) is 0.750. The number of rotatable bonds is 3. The number of nitrogens with one attached hydrogen (secondary N) is 2. The van der Waals surface area contributed by atoms with Gasteiger partial charge in [-0.05, 0) is 32.2 Å². The van der Waals surface area contributed by atoms with Gasteiger partial charge in [0.1, 0.15) is 0 Å². The van der Waals surface area contributed by atoms with E-state index in [-0.39, 0.29) is 11.3 Å². The van der Waals surface area contributed by atoms with E-state index in [0.717, 1.165) is 39.0 Å². The van der Waals surface area contributed by atoms with Crippen LogP contribution in [0.3, 0.4) is 0 Å². The predicted molar refractivity (Wildman–Crippen MR) is 63.8 cm³/mol. The number of hydrogen-bond acceptors (Lipinski definition) is 3. The van der Waals surface area contributed by atoms with Crippen molar-refractivity contribution in [1.82, 2.24) is 15.8 Å². The largest absolute Gasteiger partial charge is 0.316 e. The van der Waals surface area contributed by atoms with Crippen LogP contribution in [0, 0.1) is 5.41 Å². The SMILES string of the molecule is CCC1(C(=O)NN2CCCCC2)CCNC1. The third-order valence-corrected chi connectivity index (χ3v) is 4.02. The van der Waals surface area contributed by atoms with E-state index in [2.05, 4.69) is 22.7 Å². The van der Waals surface area contributed by atoms with Gasteiger partial charge < -0.3 is 5.32 Å². The number of carbonyl (C=O) groups excluding carboxylic acids is 1. The average molecular weight is 225 g/mol. The second kappa shape index (κ2) is 5.15. The summed E-state index contributed by atoms with van der Waals surface area (Å²) in [6, 6.07) is 0. The highest BCUT2D eigenvalue weighted by Crippen LogP contribution is 2.29. The highest BCUT2D eigenvalue weighted by atomic mass is 16.2. The second-order valence-electron chi connectivity index (χ2n) is 5.05. The molecule has 0 aliphatic carbocycles. The minimum atomic E-state index is -0.155. The Labute approximate surface area is 97.7 Å². The van der Waals surface area contributed by atoms with E-state index >= 15 is 0 Å². The zero-order valence-electron chi connectivity index (χ0n) is 10.2. The number of hydrazine groups is 1. The lowest BCUT2D eigenvalue weighted by molar-refractivity contribution is -0.136. The van der Waals surface area contributed by atoms with Crippen molar-refractivity contribution in [1.29, 1.82) is 0 Å². The molecule has 2 rings (SSSR count). The maximum atomic E-state index is 12.3. The van der Waals surface area contributed by atoms with Crippen molar-refractivity contribution in [2.45, 2.75) is 39.0 Å². The predicted octanol–water partition coefficient (Wildman–Crippen LogP) is 0.893. The molecule has 16 heavy (non-hydrogen) atoms. The van der Waals surface area contributed by atoms with Gasteiger partial charge in [-0.25, -0.2) is 5.01 Å². The summed E-state index contributed by atoms with van der Waals surface area (Å²) < 4.78 is 0. The van der Waals surface area contributed by atoms with Crippen molar-refractivity contribution in [3.05, 3.63) is 0 Å². The third-order valence-electron chi connectivity index (χ3n) is 4.02. The Morgan fingerprint density at radius 2 is 2.12 bits per heavy atom. The Bertz CT molecular complexity index is 243. The van der Waals surface area contributed by atoms with Crippen LogP contribution >= 0.6 is 0 Å². The van der Waals surface area contributed by atoms with Gasteiger partial charge in [-0.15, -0.1) is 0 Å². The number of nitrogens with zero attached hydrogens (tertiary/aromatic N) is 1. The molecule has 0 spiro atoms. The van der Waals surface area contributed by atoms with Crippen LogP contribution in [0.4, 0.5) is 0 Å². The average Bonchev–Trinajstić information content (AvgIpc) is 2.80. The Balaban J connectivity index is 1.90. The third kappa shape index (κ3) is 2.38. The number of hydrogen-bond donors (Lipinski definition) is 2. The lowest BCUT2D eigenvalue weighted by Crippen LogP contribution is -2.51. The molecular formula is C12H23N3O. The van der Waals surface area contributed by atoms with E-state index < -0.39 is 0 Å². The van der Waals surface area contributed by atoms with Gasteiger partial charge in [0.05, 0.1) is 5.41 Å². The van der Waals surface area contributed by atoms with Gasteiger partial charge in [0.15, 0.2) is 0 Å². The van der Waals surface area contributed by atoms with Crippen LogP contribution in [-0.4, -0.2) is 37.1 Å². The Morgan fingerprint density at radius 3 is 2.69 bits per heavy atom. The fourth-order valence-corrected chi connectivity index (χ4v) is 2.67. The lowest BCUT2D eigenvalue weighted by Gasteiger charge is -2.32. The van der Waals surface area contributed by atoms with Gasteiger partial charge >= 0.3 is 0 Å². The molecule has 2 aliphatic heterocycles. The molecule has 2 saturated heterocycles. The molecule has 2 aliphatic rings. The zero-order valence-corrected chi connectivity index (χ0v) is 10.2. The summed E-state index contributed by atoms with van der Waals surface area (Å²) >= 11 is 0. The molecule has 0 radical (unpaired) electrons. The normalized spacial score (nSPS) is 31.6. The fourth-order valence-electron chi connectivity index (χ4n) is 2.67. The minimum absolute atomic E-state index is 0.155. The van der Waals surface area contributed by atoms with Crippen LogP contribution in [0.2, 0.25) is 0 Å². The van der Waals surface area contributed by atoms with Gasteiger partial charge in [0.2, 0.25) is 5.91 Å². The Morgan fingerprint density at radius 1 is 1.38 bits per heavy atom. The van der Waals surface area contributed by atoms with Gasteiger partial charge in [0.25, 0.3) is 0 Å². The van der Waals surface area contributed by atoms with Crippen LogP contribution in [0.25, 0.3) is 0 Å².